The van der Waals surface area contributed by atoms with Crippen molar-refractivity contribution in [1.29, 1.82) is 0 Å². The van der Waals surface area contributed by atoms with Gasteiger partial charge in [-0.2, -0.15) is 0 Å². The first kappa shape index (κ1) is 42.9. The van der Waals surface area contributed by atoms with Crippen LogP contribution in [0.1, 0.15) is 69.5 Å². The van der Waals surface area contributed by atoms with Crippen LogP contribution in [0.4, 0.5) is 34.1 Å². The molecule has 0 amide bonds. The molecule has 73 heavy (non-hydrogen) atoms. The van der Waals surface area contributed by atoms with Crippen LogP contribution in [0.2, 0.25) is 0 Å². The van der Waals surface area contributed by atoms with E-state index in [1.54, 1.807) is 0 Å². The number of anilines is 6. The van der Waals surface area contributed by atoms with Crippen molar-refractivity contribution >= 4 is 34.1 Å². The number of hydrogen-bond acceptors (Lipinski definition) is 2. The van der Waals surface area contributed by atoms with Gasteiger partial charge in [0, 0.05) is 39.5 Å². The summed E-state index contributed by atoms with van der Waals surface area (Å²) in [6, 6.07) is 104. The van der Waals surface area contributed by atoms with E-state index in [2.05, 4.69) is 303 Å². The molecule has 0 saturated heterocycles. The van der Waals surface area contributed by atoms with Gasteiger partial charge in [-0.15, -0.1) is 0 Å². The first-order valence-electron chi connectivity index (χ1n) is 25.6. The molecule has 0 aliphatic heterocycles. The summed E-state index contributed by atoms with van der Waals surface area (Å²) in [5.41, 5.74) is 23.4. The summed E-state index contributed by atoms with van der Waals surface area (Å²) in [4.78, 5) is 4.83. The van der Waals surface area contributed by atoms with Crippen molar-refractivity contribution in [3.63, 3.8) is 0 Å². The highest BCUT2D eigenvalue weighted by Crippen LogP contribution is 2.65. The predicted octanol–water partition coefficient (Wildman–Crippen LogP) is 18.0. The van der Waals surface area contributed by atoms with Crippen LogP contribution in [-0.2, 0) is 16.2 Å². The van der Waals surface area contributed by atoms with Crippen molar-refractivity contribution in [3.8, 4) is 22.3 Å². The molecule has 11 aromatic rings. The lowest BCUT2D eigenvalue weighted by atomic mass is 9.51. The quantitative estimate of drug-likeness (QED) is 0.150. The van der Waals surface area contributed by atoms with E-state index in [1.807, 2.05) is 0 Å². The molecule has 3 aliphatic carbocycles. The third kappa shape index (κ3) is 6.17. The molecule has 1 spiro atoms. The van der Waals surface area contributed by atoms with Gasteiger partial charge in [-0.3, -0.25) is 0 Å². The minimum absolute atomic E-state index is 0.174. The molecule has 346 valence electrons. The minimum atomic E-state index is -0.634. The third-order valence-electron chi connectivity index (χ3n) is 16.4. The lowest BCUT2D eigenvalue weighted by molar-refractivity contribution is 0.623. The normalized spacial score (nSPS) is 14.5. The molecule has 0 atom stereocenters. The lowest BCUT2D eigenvalue weighted by Crippen LogP contribution is -2.44. The van der Waals surface area contributed by atoms with Crippen molar-refractivity contribution in [2.75, 3.05) is 9.80 Å². The van der Waals surface area contributed by atoms with Crippen LogP contribution in [0.25, 0.3) is 22.3 Å². The first-order valence-corrected chi connectivity index (χ1v) is 25.6. The zero-order chi connectivity index (χ0) is 48.7. The number of rotatable bonds is 8. The zero-order valence-corrected chi connectivity index (χ0v) is 41.0. The molecule has 0 N–H and O–H groups in total. The Morgan fingerprint density at radius 3 is 1.00 bits per heavy atom. The van der Waals surface area contributed by atoms with Gasteiger partial charge in [-0.1, -0.05) is 220 Å². The monoisotopic (exact) mass is 932 g/mol. The zero-order valence-electron chi connectivity index (χ0n) is 41.0. The van der Waals surface area contributed by atoms with Gasteiger partial charge in [0.25, 0.3) is 0 Å². The van der Waals surface area contributed by atoms with Gasteiger partial charge in [0.1, 0.15) is 0 Å². The maximum Gasteiger partial charge on any atom is 0.0720 e. The van der Waals surface area contributed by atoms with Crippen LogP contribution in [0.3, 0.4) is 0 Å². The Labute approximate surface area is 428 Å². The van der Waals surface area contributed by atoms with Gasteiger partial charge in [-0.25, -0.2) is 0 Å². The number of para-hydroxylation sites is 2. The van der Waals surface area contributed by atoms with E-state index in [9.17, 15) is 0 Å². The fourth-order valence-electron chi connectivity index (χ4n) is 13.3. The first-order chi connectivity index (χ1) is 36.0. The van der Waals surface area contributed by atoms with Crippen molar-refractivity contribution < 1.29 is 0 Å². The molecule has 3 aliphatic rings. The summed E-state index contributed by atoms with van der Waals surface area (Å²) in [5.74, 6) is 0. The molecular weight excluding hydrogens is 881 g/mol. The van der Waals surface area contributed by atoms with Crippen molar-refractivity contribution in [2.24, 2.45) is 0 Å². The Morgan fingerprint density at radius 2 is 0.521 bits per heavy atom. The van der Waals surface area contributed by atoms with Crippen LogP contribution in [0.15, 0.2) is 279 Å². The summed E-state index contributed by atoms with van der Waals surface area (Å²) >= 11 is 0. The number of hydrogen-bond donors (Lipinski definition) is 0. The molecule has 0 radical (unpaired) electrons. The molecule has 0 heterocycles. The second-order valence-electron chi connectivity index (χ2n) is 20.4. The van der Waals surface area contributed by atoms with Crippen LogP contribution in [0, 0.1) is 0 Å². The molecule has 0 aromatic heterocycles. The number of benzene rings is 11. The second kappa shape index (κ2) is 16.6. The minimum Gasteiger partial charge on any atom is -0.311 e. The van der Waals surface area contributed by atoms with E-state index in [-0.39, 0.29) is 5.41 Å². The van der Waals surface area contributed by atoms with E-state index in [0.29, 0.717) is 0 Å². The molecular formula is C71H52N2. The topological polar surface area (TPSA) is 6.48 Å². The van der Waals surface area contributed by atoms with Crippen LogP contribution in [-0.4, -0.2) is 0 Å². The summed E-state index contributed by atoms with van der Waals surface area (Å²) in [5, 5.41) is 0. The van der Waals surface area contributed by atoms with E-state index < -0.39 is 10.8 Å². The summed E-state index contributed by atoms with van der Waals surface area (Å²) in [7, 11) is 0. The number of nitrogens with zero attached hydrogens (tertiary/aromatic N) is 2. The second-order valence-corrected chi connectivity index (χ2v) is 20.4. The van der Waals surface area contributed by atoms with Crippen molar-refractivity contribution in [1.82, 2.24) is 0 Å². The van der Waals surface area contributed by atoms with Gasteiger partial charge in [-0.05, 0) is 151 Å². The van der Waals surface area contributed by atoms with Crippen LogP contribution >= 0.6 is 0 Å². The summed E-state index contributed by atoms with van der Waals surface area (Å²) in [6.45, 7) is 4.75. The molecule has 0 saturated carbocycles. The average Bonchev–Trinajstić information content (AvgIpc) is 3.88. The fraction of sp³-hybridized carbons (Fsp3) is 0.0704. The largest absolute Gasteiger partial charge is 0.311 e. The smallest absolute Gasteiger partial charge is 0.0720 e. The number of fused-ring (bicyclic) bond motifs is 12. The lowest BCUT2D eigenvalue weighted by Gasteiger charge is -2.50. The molecule has 0 unspecified atom stereocenters. The summed E-state index contributed by atoms with van der Waals surface area (Å²) in [6.07, 6.45) is 0. The maximum atomic E-state index is 2.53. The Morgan fingerprint density at radius 1 is 0.219 bits per heavy atom. The van der Waals surface area contributed by atoms with Crippen molar-refractivity contribution in [3.05, 3.63) is 335 Å². The molecule has 14 rings (SSSR count). The standard InChI is InChI=1S/C71H52N2/c1-69(2)61-33-17-15-31-57(61)59-45-43-55(47-67(59)69)73(54-41-39-53(40-42-54)72(51-27-11-5-12-28-51)52-29-13-6-14-30-52)56-44-46-60-58-32-16-18-34-62(58)71(68(60)48-56)65-37-21-19-35-63(65)70(49-23-7-3-8-24-49,50-25-9-4-10-26-50)64-36-20-22-38-66(64)71/h3-48H,1-2H3. The third-order valence-corrected chi connectivity index (χ3v) is 16.4. The van der Waals surface area contributed by atoms with Gasteiger partial charge in [0.2, 0.25) is 0 Å². The highest BCUT2D eigenvalue weighted by atomic mass is 15.2. The van der Waals surface area contributed by atoms with E-state index in [4.69, 9.17) is 0 Å². The predicted molar refractivity (Wildman–Crippen MR) is 303 cm³/mol. The highest BCUT2D eigenvalue weighted by Gasteiger charge is 2.56. The molecule has 0 fully saturated rings. The summed E-state index contributed by atoms with van der Waals surface area (Å²) < 4.78 is 0. The van der Waals surface area contributed by atoms with Crippen LogP contribution in [0.5, 0.6) is 0 Å². The Balaban J connectivity index is 1.02. The molecule has 11 aromatic carbocycles. The van der Waals surface area contributed by atoms with E-state index in [1.165, 1.54) is 77.9 Å². The molecule has 2 heteroatoms. The average molecular weight is 933 g/mol. The highest BCUT2D eigenvalue weighted by molar-refractivity contribution is 5.93. The Bertz CT molecular complexity index is 3750. The van der Waals surface area contributed by atoms with E-state index >= 15 is 0 Å². The maximum absolute atomic E-state index is 2.53. The van der Waals surface area contributed by atoms with E-state index in [0.717, 1.165) is 34.1 Å². The van der Waals surface area contributed by atoms with Gasteiger partial charge in [0.05, 0.1) is 10.8 Å². The van der Waals surface area contributed by atoms with Crippen LogP contribution < -0.4 is 9.80 Å². The van der Waals surface area contributed by atoms with Gasteiger partial charge in [0.15, 0.2) is 0 Å². The fourth-order valence-corrected chi connectivity index (χ4v) is 13.3. The Hall–Kier alpha value is -8.98. The molecule has 0 bridgehead atoms. The van der Waals surface area contributed by atoms with Crippen molar-refractivity contribution in [2.45, 2.75) is 30.1 Å². The molecule has 2 nitrogen and oxygen atoms in total. The van der Waals surface area contributed by atoms with Gasteiger partial charge >= 0.3 is 0 Å². The van der Waals surface area contributed by atoms with Gasteiger partial charge < -0.3 is 9.80 Å². The SMILES string of the molecule is CC1(C)c2ccccc2-c2ccc(N(c3ccc(N(c4ccccc4)c4ccccc4)cc3)c3ccc4c(c3)C3(c5ccccc5-4)c4ccccc4C(c4ccccc4)(c4ccccc4)c4ccccc43)cc21. The Kier molecular flexibility index (Phi) is 9.72.